The molecule has 1 N–H and O–H groups in total. The average Bonchev–Trinajstić information content (AvgIpc) is 3.74. The van der Waals surface area contributed by atoms with Crippen LogP contribution in [0.25, 0.3) is 0 Å². The van der Waals surface area contributed by atoms with Crippen molar-refractivity contribution in [2.45, 2.75) is 68.5 Å². The van der Waals surface area contributed by atoms with Crippen molar-refractivity contribution in [1.29, 1.82) is 0 Å². The summed E-state index contributed by atoms with van der Waals surface area (Å²) in [5.74, 6) is 0.273. The Morgan fingerprint density at radius 2 is 2.06 bits per heavy atom. The lowest BCUT2D eigenvalue weighted by molar-refractivity contribution is -0.126. The Morgan fingerprint density at radius 3 is 2.67 bits per heavy atom. The summed E-state index contributed by atoms with van der Waals surface area (Å²) < 4.78 is 3.49. The zero-order chi connectivity index (χ0) is 23.8. The minimum absolute atomic E-state index is 0.0435. The number of likely N-dealkylation sites (N-methyl/N-ethyl adjacent to an activating group) is 1. The van der Waals surface area contributed by atoms with Gasteiger partial charge in [-0.2, -0.15) is 0 Å². The van der Waals surface area contributed by atoms with E-state index in [0.29, 0.717) is 36.7 Å². The van der Waals surface area contributed by atoms with Gasteiger partial charge in [0.2, 0.25) is 12.3 Å². The third-order valence-corrected chi connectivity index (χ3v) is 8.17. The van der Waals surface area contributed by atoms with Gasteiger partial charge in [-0.15, -0.1) is 0 Å². The van der Waals surface area contributed by atoms with Gasteiger partial charge in [0.1, 0.15) is 0 Å². The van der Waals surface area contributed by atoms with Crippen LogP contribution in [0.2, 0.25) is 0 Å². The van der Waals surface area contributed by atoms with Crippen molar-refractivity contribution in [3.63, 3.8) is 0 Å². The molecule has 7 nitrogen and oxygen atoms in total. The Balaban J connectivity index is 1.58. The third kappa shape index (κ3) is 5.44. The normalized spacial score (nSPS) is 23.2. The molecule has 3 amide bonds. The number of rotatable bonds is 10. The number of nitrogens with one attached hydrogen (secondary N) is 1. The van der Waals surface area contributed by atoms with Crippen LogP contribution in [0.15, 0.2) is 35.7 Å². The van der Waals surface area contributed by atoms with Gasteiger partial charge >= 0.3 is 0 Å². The molecule has 0 radical (unpaired) electrons. The van der Waals surface area contributed by atoms with Crippen molar-refractivity contribution in [2.24, 2.45) is 5.92 Å². The molecule has 178 valence electrons. The highest BCUT2D eigenvalue weighted by molar-refractivity contribution is 7.97. The van der Waals surface area contributed by atoms with Gasteiger partial charge in [-0.05, 0) is 88.1 Å². The van der Waals surface area contributed by atoms with Crippen molar-refractivity contribution >= 4 is 35.9 Å². The molecular weight excluding hydrogens is 436 g/mol. The van der Waals surface area contributed by atoms with E-state index in [1.54, 1.807) is 21.7 Å². The topological polar surface area (TPSA) is 73.0 Å². The predicted molar refractivity (Wildman–Crippen MR) is 131 cm³/mol. The number of carbonyl (C=O) groups is 3. The first-order valence-corrected chi connectivity index (χ1v) is 12.6. The van der Waals surface area contributed by atoms with Gasteiger partial charge in [-0.3, -0.25) is 19.1 Å². The molecule has 3 aliphatic rings. The van der Waals surface area contributed by atoms with Gasteiger partial charge in [0.15, 0.2) is 0 Å². The molecule has 0 aromatic heterocycles. The van der Waals surface area contributed by atoms with E-state index in [1.807, 2.05) is 25.1 Å². The van der Waals surface area contributed by atoms with E-state index in [1.165, 1.54) is 18.0 Å². The molecule has 0 bridgehead atoms. The maximum absolute atomic E-state index is 13.7. The largest absolute Gasteiger partial charge is 0.337 e. The summed E-state index contributed by atoms with van der Waals surface area (Å²) in [6, 6.07) is 5.72. The first kappa shape index (κ1) is 23.8. The van der Waals surface area contributed by atoms with E-state index in [0.717, 1.165) is 37.0 Å². The maximum Gasteiger partial charge on any atom is 0.256 e. The highest BCUT2D eigenvalue weighted by Crippen LogP contribution is 2.39. The summed E-state index contributed by atoms with van der Waals surface area (Å²) in [5.41, 5.74) is 1.34. The zero-order valence-electron chi connectivity index (χ0n) is 19.8. The van der Waals surface area contributed by atoms with Crippen LogP contribution in [0.4, 0.5) is 5.69 Å². The summed E-state index contributed by atoms with van der Waals surface area (Å²) in [7, 11) is 1.79. The molecule has 8 heteroatoms. The Morgan fingerprint density at radius 1 is 1.33 bits per heavy atom. The van der Waals surface area contributed by atoms with Gasteiger partial charge in [-0.1, -0.05) is 6.58 Å². The van der Waals surface area contributed by atoms with Crippen LogP contribution in [0.1, 0.15) is 56.3 Å². The second-order valence-electron chi connectivity index (χ2n) is 9.99. The molecule has 33 heavy (non-hydrogen) atoms. The van der Waals surface area contributed by atoms with Crippen molar-refractivity contribution in [3.05, 3.63) is 36.4 Å². The fourth-order valence-electron chi connectivity index (χ4n) is 4.31. The summed E-state index contributed by atoms with van der Waals surface area (Å²) >= 11 is 1.54. The van der Waals surface area contributed by atoms with Crippen molar-refractivity contribution in [1.82, 2.24) is 14.5 Å². The molecule has 1 aliphatic heterocycles. The molecule has 1 saturated heterocycles. The first-order chi connectivity index (χ1) is 15.7. The molecule has 2 saturated carbocycles. The zero-order valence-corrected chi connectivity index (χ0v) is 20.6. The van der Waals surface area contributed by atoms with Gasteiger partial charge in [-0.25, -0.2) is 0 Å². The van der Waals surface area contributed by atoms with E-state index in [9.17, 15) is 14.4 Å². The van der Waals surface area contributed by atoms with E-state index in [-0.39, 0.29) is 29.4 Å². The summed E-state index contributed by atoms with van der Waals surface area (Å²) in [6.45, 7) is 8.90. The molecule has 3 fully saturated rings. The Labute approximate surface area is 200 Å². The number of anilines is 1. The predicted octanol–water partition coefficient (Wildman–Crippen LogP) is 3.46. The number of carbonyl (C=O) groups excluding carboxylic acids is 3. The highest BCUT2D eigenvalue weighted by Gasteiger charge is 2.38. The molecule has 4 rings (SSSR count). The summed E-state index contributed by atoms with van der Waals surface area (Å²) in [5, 5.41) is 0. The van der Waals surface area contributed by atoms with E-state index in [2.05, 4.69) is 18.2 Å². The smallest absolute Gasteiger partial charge is 0.256 e. The number of likely N-dealkylation sites (tertiary alicyclic amines) is 1. The molecule has 2 aliphatic carbocycles. The Kier molecular flexibility index (Phi) is 6.86. The van der Waals surface area contributed by atoms with Crippen molar-refractivity contribution in [3.8, 4) is 0 Å². The third-order valence-electron chi connectivity index (χ3n) is 7.08. The maximum atomic E-state index is 13.7. The van der Waals surface area contributed by atoms with Gasteiger partial charge in [0.05, 0.1) is 17.3 Å². The summed E-state index contributed by atoms with van der Waals surface area (Å²) in [6.07, 6.45) is 7.41. The monoisotopic (exact) mass is 470 g/mol. The van der Waals surface area contributed by atoms with E-state index in [4.69, 9.17) is 0 Å². The molecule has 1 aromatic carbocycles. The van der Waals surface area contributed by atoms with Crippen LogP contribution in [-0.4, -0.2) is 65.8 Å². The lowest BCUT2D eigenvalue weighted by atomic mass is 10.1. The molecule has 2 atom stereocenters. The first-order valence-electron chi connectivity index (χ1n) is 11.7. The molecule has 1 aromatic rings. The Hall–Kier alpha value is -2.32. The number of hydrogen-bond donors (Lipinski definition) is 1. The van der Waals surface area contributed by atoms with E-state index >= 15 is 0 Å². The van der Waals surface area contributed by atoms with Crippen LogP contribution in [0.5, 0.6) is 0 Å². The van der Waals surface area contributed by atoms with Crippen LogP contribution in [-0.2, 0) is 9.59 Å². The summed E-state index contributed by atoms with van der Waals surface area (Å²) in [4.78, 5) is 44.0. The van der Waals surface area contributed by atoms with Crippen molar-refractivity contribution in [2.75, 3.05) is 25.0 Å². The van der Waals surface area contributed by atoms with Gasteiger partial charge < -0.3 is 14.7 Å². The number of benzene rings is 1. The lowest BCUT2D eigenvalue weighted by Crippen LogP contribution is -2.40. The fraction of sp³-hybridized carbons (Fsp3) is 0.560. The minimum atomic E-state index is -0.127. The Bertz CT molecular complexity index is 944. The second kappa shape index (κ2) is 9.50. The lowest BCUT2D eigenvalue weighted by Gasteiger charge is -2.28. The van der Waals surface area contributed by atoms with Crippen LogP contribution >= 0.6 is 11.9 Å². The molecule has 2 unspecified atom stereocenters. The van der Waals surface area contributed by atoms with Gasteiger partial charge in [0.25, 0.3) is 5.91 Å². The number of nitrogens with zero attached hydrogens (tertiary/aromatic N) is 3. The average molecular weight is 471 g/mol. The fourth-order valence-corrected chi connectivity index (χ4v) is 5.19. The SMILES string of the molecule is C=CC(=O)N1CC(N(C)C(=O)c2cc(SNC3(C)CC3)ccc2N(C=O)CC2CC2)CC1C. The molecular formula is C25H34N4O3S. The van der Waals surface area contributed by atoms with Gasteiger partial charge in [0, 0.05) is 36.6 Å². The van der Waals surface area contributed by atoms with Crippen LogP contribution < -0.4 is 9.62 Å². The second-order valence-corrected chi connectivity index (χ2v) is 10.9. The van der Waals surface area contributed by atoms with Crippen LogP contribution in [0, 0.1) is 5.92 Å². The number of hydrogen-bond acceptors (Lipinski definition) is 5. The quantitative estimate of drug-likeness (QED) is 0.322. The number of amides is 3. The highest BCUT2D eigenvalue weighted by atomic mass is 32.2. The van der Waals surface area contributed by atoms with Crippen LogP contribution in [0.3, 0.4) is 0 Å². The standard InChI is InChI=1S/C25H34N4O3S/c1-5-23(31)29-15-19(12-17(29)2)27(4)24(32)21-13-20(33-26-25(3)10-11-25)8-9-22(21)28(16-30)14-18-6-7-18/h5,8-9,13,16-19,26H,1,6-7,10-12,14-15H2,2-4H3. The van der Waals surface area contributed by atoms with E-state index < -0.39 is 0 Å². The molecule has 1 heterocycles. The molecule has 0 spiro atoms. The van der Waals surface area contributed by atoms with Crippen molar-refractivity contribution < 1.29 is 14.4 Å². The minimum Gasteiger partial charge on any atom is -0.337 e.